The van der Waals surface area contributed by atoms with Gasteiger partial charge in [-0.1, -0.05) is 31.0 Å². The fraction of sp³-hybridized carbons (Fsp3) is 0. The molecule has 0 fully saturated rings. The molecule has 0 aliphatic rings. The van der Waals surface area contributed by atoms with Crippen LogP contribution in [0.15, 0.2) is 0 Å². The molecule has 0 unspecified atom stereocenters. The summed E-state index contributed by atoms with van der Waals surface area (Å²) >= 11 is 6.22. The van der Waals surface area contributed by atoms with Crippen molar-refractivity contribution in [2.24, 2.45) is 0 Å². The van der Waals surface area contributed by atoms with Gasteiger partial charge in [0.15, 0.2) is 7.53 Å². The summed E-state index contributed by atoms with van der Waals surface area (Å²) in [5.74, 6) is 0. The molecule has 0 bridgehead atoms. The van der Waals surface area contributed by atoms with Gasteiger partial charge in [0.05, 0.1) is 0 Å². The van der Waals surface area contributed by atoms with Crippen LogP contribution in [0, 0.1) is 0 Å². The van der Waals surface area contributed by atoms with Crippen molar-refractivity contribution >= 4 is 43.7 Å². The van der Waals surface area contributed by atoms with Crippen LogP contribution in [0.1, 0.15) is 0 Å². The van der Waals surface area contributed by atoms with E-state index in [4.69, 9.17) is 1.34 Å². The molecule has 23 valence electrons. The molecular weight excluding hydrogens is 202 g/mol. The lowest BCUT2D eigenvalue weighted by atomic mass is 10.8. The van der Waals surface area contributed by atoms with E-state index >= 15 is 0 Å². The summed E-state index contributed by atoms with van der Waals surface area (Å²) in [6, 6.07) is 0. The van der Waals surface area contributed by atoms with Gasteiger partial charge in [0.1, 0.15) is 0 Å². The smallest absolute Gasteiger partial charge is 0.0596 e. The molecule has 1 radical (unpaired) electrons. The van der Waals surface area contributed by atoms with Gasteiger partial charge in [0.25, 0.3) is 0 Å². The summed E-state index contributed by atoms with van der Waals surface area (Å²) in [6.45, 7) is 0. The Morgan fingerprint density at radius 2 is 2.25 bits per heavy atom. The van der Waals surface area contributed by atoms with Crippen LogP contribution in [0.25, 0.3) is 0 Å². The van der Waals surface area contributed by atoms with Crippen LogP contribution in [-0.2, 0) is 0 Å². The highest BCUT2D eigenvalue weighted by Gasteiger charge is 1.73. The van der Waals surface area contributed by atoms with E-state index in [2.05, 4.69) is 31.0 Å². The fourth-order valence-electron chi connectivity index (χ4n) is 0. The summed E-state index contributed by atoms with van der Waals surface area (Å²) in [5, 5.41) is -0.432. The second kappa shape index (κ2) is 2.68. The van der Waals surface area contributed by atoms with Gasteiger partial charge in [-0.2, -0.15) is 0 Å². The molecule has 0 rings (SSSR count). The lowest BCUT2D eigenvalue weighted by Gasteiger charge is -1.74. The topological polar surface area (TPSA) is 0 Å². The predicted octanol–water partition coefficient (Wildman–Crippen LogP) is 1.90. The van der Waals surface area contributed by atoms with Gasteiger partial charge >= 0.3 is 0 Å². The molecule has 4 heteroatoms. The van der Waals surface area contributed by atoms with E-state index in [0.29, 0.717) is 0 Å². The third kappa shape index (κ3) is 9.84. The SMILES string of the molecule is [2H][B]P(Br)Br. The highest BCUT2D eigenvalue weighted by Crippen LogP contribution is 2.46. The summed E-state index contributed by atoms with van der Waals surface area (Å²) in [4.78, 5) is 0. The lowest BCUT2D eigenvalue weighted by molar-refractivity contribution is 5.03. The van der Waals surface area contributed by atoms with E-state index in [9.17, 15) is 0 Å². The molecule has 0 heterocycles. The van der Waals surface area contributed by atoms with Gasteiger partial charge < -0.3 is 0 Å². The fourth-order valence-corrected chi connectivity index (χ4v) is 0. The van der Waals surface area contributed by atoms with Crippen LogP contribution in [-0.4, -0.2) is 8.86 Å². The van der Waals surface area contributed by atoms with E-state index in [-0.39, 0.29) is 0 Å². The number of hydrogen-bond acceptors (Lipinski definition) is 0. The second-order valence-corrected chi connectivity index (χ2v) is 8.22. The first-order chi connectivity index (χ1) is 2.27. The Labute approximate surface area is 45.3 Å². The largest absolute Gasteiger partial charge is 0.154 e. The van der Waals surface area contributed by atoms with Crippen LogP contribution in [0.2, 0.25) is 0 Å². The standard InChI is InChI=1S/BBr2HP/c1-4(2)3/h1H/i1D. The van der Waals surface area contributed by atoms with Crippen LogP contribution >= 0.6 is 36.2 Å². The molecule has 0 aliphatic carbocycles. The second-order valence-electron chi connectivity index (χ2n) is 0.259. The molecule has 0 saturated heterocycles. The monoisotopic (exact) mass is 202 g/mol. The first-order valence-electron chi connectivity index (χ1n) is 1.17. The van der Waals surface area contributed by atoms with Crippen molar-refractivity contribution in [2.45, 2.75) is 0 Å². The van der Waals surface area contributed by atoms with E-state index < -0.39 is 5.20 Å². The van der Waals surface area contributed by atoms with Gasteiger partial charge in [-0.05, 0) is 6.54 Å². The quantitative estimate of drug-likeness (QED) is 0.451. The third-order valence-electron chi connectivity index (χ3n) is 0. The Balaban J connectivity index is 2.54. The van der Waals surface area contributed by atoms with Crippen LogP contribution < -0.4 is 0 Å². The molecule has 0 spiro atoms. The van der Waals surface area contributed by atoms with E-state index in [0.717, 1.165) is 0 Å². The molecule has 0 N–H and O–H groups in total. The number of rotatable bonds is 1. The summed E-state index contributed by atoms with van der Waals surface area (Å²) in [7, 11) is 1.31. The Kier molecular flexibility index (Phi) is 2.44. The van der Waals surface area contributed by atoms with Gasteiger partial charge in [-0.15, -0.1) is 0 Å². The molecule has 0 nitrogen and oxygen atoms in total. The highest BCUT2D eigenvalue weighted by molar-refractivity contribution is 9.72. The summed E-state index contributed by atoms with van der Waals surface area (Å²) in [5.41, 5.74) is 0. The predicted molar refractivity (Wildman–Crippen MR) is 31.9 cm³/mol. The van der Waals surface area contributed by atoms with Crippen molar-refractivity contribution in [3.05, 3.63) is 0 Å². The van der Waals surface area contributed by atoms with Crippen LogP contribution in [0.5, 0.6) is 0 Å². The molecular formula is HBBr2P. The molecule has 4 heavy (non-hydrogen) atoms. The normalized spacial score (nSPS) is 11.2. The van der Waals surface area contributed by atoms with E-state index in [1.54, 1.807) is 0 Å². The number of hydrogen-bond donors (Lipinski definition) is 0. The first kappa shape index (κ1) is 3.64. The van der Waals surface area contributed by atoms with Gasteiger partial charge in [-0.3, -0.25) is 0 Å². The molecule has 0 aliphatic heterocycles. The van der Waals surface area contributed by atoms with Crippen LogP contribution in [0.4, 0.5) is 0 Å². The van der Waals surface area contributed by atoms with Crippen LogP contribution in [0.3, 0.4) is 0 Å². The summed E-state index contributed by atoms with van der Waals surface area (Å²) < 4.78 is 6.47. The zero-order valence-corrected chi connectivity index (χ0v) is 5.85. The summed E-state index contributed by atoms with van der Waals surface area (Å²) in [6.07, 6.45) is 0. The maximum Gasteiger partial charge on any atom is 0.154 e. The minimum absolute atomic E-state index is 0.432. The molecule has 0 aromatic carbocycles. The number of halogens is 2. The van der Waals surface area contributed by atoms with Gasteiger partial charge in [0.2, 0.25) is 0 Å². The zero-order chi connectivity index (χ0) is 4.28. The molecule has 0 atom stereocenters. The maximum atomic E-state index is 6.47. The Morgan fingerprint density at radius 3 is 2.25 bits per heavy atom. The molecule has 0 aromatic rings. The van der Waals surface area contributed by atoms with Crippen molar-refractivity contribution in [1.29, 1.82) is 1.34 Å². The van der Waals surface area contributed by atoms with E-state index in [1.165, 1.54) is 7.53 Å². The maximum absolute atomic E-state index is 6.47. The Hall–Kier alpha value is 1.45. The average molecular weight is 204 g/mol. The zero-order valence-electron chi connectivity index (χ0n) is 2.78. The minimum atomic E-state index is -0.432. The van der Waals surface area contributed by atoms with Crippen molar-refractivity contribution in [1.82, 2.24) is 0 Å². The third-order valence-corrected chi connectivity index (χ3v) is 0. The van der Waals surface area contributed by atoms with Gasteiger partial charge in [-0.25, -0.2) is 0 Å². The minimum Gasteiger partial charge on any atom is -0.0596 e. The first-order valence-corrected chi connectivity index (χ1v) is 6.04. The molecule has 0 amide bonds. The van der Waals surface area contributed by atoms with Crippen molar-refractivity contribution < 1.29 is 0 Å². The lowest BCUT2D eigenvalue weighted by Crippen LogP contribution is -1.25. The van der Waals surface area contributed by atoms with Gasteiger partial charge in [0, 0.05) is 0 Å². The van der Waals surface area contributed by atoms with Crippen molar-refractivity contribution in [3.8, 4) is 0 Å². The Bertz CT molecular complexity index is 23.6. The van der Waals surface area contributed by atoms with E-state index in [1.807, 2.05) is 0 Å². The van der Waals surface area contributed by atoms with Crippen molar-refractivity contribution in [2.75, 3.05) is 0 Å². The highest BCUT2D eigenvalue weighted by atomic mass is 79.9. The Morgan fingerprint density at radius 1 is 2.00 bits per heavy atom. The average Bonchev–Trinajstić information content (AvgIpc) is 1.38. The molecule has 0 saturated carbocycles. The molecule has 0 aromatic heterocycles. The van der Waals surface area contributed by atoms with Crippen molar-refractivity contribution in [3.63, 3.8) is 0 Å².